The van der Waals surface area contributed by atoms with Crippen LogP contribution in [0.15, 0.2) is 54.7 Å². The zero-order valence-corrected chi connectivity index (χ0v) is 13.7. The smallest absolute Gasteiger partial charge is 0.280 e. The highest BCUT2D eigenvalue weighted by Crippen LogP contribution is 2.18. The van der Waals surface area contributed by atoms with Crippen molar-refractivity contribution in [2.45, 2.75) is 6.92 Å². The van der Waals surface area contributed by atoms with E-state index < -0.39 is 4.92 Å². The van der Waals surface area contributed by atoms with Crippen LogP contribution in [0.4, 0.5) is 11.4 Å². The van der Waals surface area contributed by atoms with E-state index >= 15 is 0 Å². The van der Waals surface area contributed by atoms with Gasteiger partial charge in [-0.2, -0.15) is 0 Å². The first-order chi connectivity index (χ1) is 12.0. The zero-order valence-electron chi connectivity index (χ0n) is 13.7. The van der Waals surface area contributed by atoms with Crippen molar-refractivity contribution in [3.63, 3.8) is 0 Å². The first-order valence-corrected chi connectivity index (χ1v) is 7.47. The maximum Gasteiger partial charge on any atom is 0.280 e. The number of benzene rings is 2. The van der Waals surface area contributed by atoms with Crippen molar-refractivity contribution >= 4 is 17.3 Å². The molecule has 3 rings (SSSR count). The summed E-state index contributed by atoms with van der Waals surface area (Å²) >= 11 is 0. The molecule has 0 aliphatic rings. The molecule has 0 saturated carbocycles. The summed E-state index contributed by atoms with van der Waals surface area (Å²) in [6.07, 6.45) is 1.45. The third-order valence-electron chi connectivity index (χ3n) is 3.71. The van der Waals surface area contributed by atoms with Gasteiger partial charge >= 0.3 is 0 Å². The van der Waals surface area contributed by atoms with E-state index in [2.05, 4.69) is 10.3 Å². The molecule has 0 saturated heterocycles. The number of nitrogens with zero attached hydrogens (tertiary/aromatic N) is 5. The van der Waals surface area contributed by atoms with Crippen LogP contribution in [0, 0.1) is 17.0 Å². The van der Waals surface area contributed by atoms with Gasteiger partial charge in [-0.05, 0) is 30.7 Å². The van der Waals surface area contributed by atoms with E-state index in [-0.39, 0.29) is 17.3 Å². The van der Waals surface area contributed by atoms with Crippen LogP contribution in [-0.4, -0.2) is 32.9 Å². The molecule has 8 nitrogen and oxygen atoms in total. The molecule has 3 aromatic rings. The largest absolute Gasteiger partial charge is 0.310 e. The van der Waals surface area contributed by atoms with Crippen molar-refractivity contribution in [2.75, 3.05) is 11.9 Å². The van der Waals surface area contributed by atoms with Gasteiger partial charge in [0, 0.05) is 24.9 Å². The highest BCUT2D eigenvalue weighted by atomic mass is 16.6. The quantitative estimate of drug-likeness (QED) is 0.539. The van der Waals surface area contributed by atoms with Gasteiger partial charge in [0.25, 0.3) is 11.6 Å². The summed E-state index contributed by atoms with van der Waals surface area (Å²) in [5.74, 6) is -0.317. The first-order valence-electron chi connectivity index (χ1n) is 7.47. The SMILES string of the molecule is Cc1cccc(N(C)C(=O)c2cn(-c3cccc([N+](=O)[O-])c3)nn2)c1. The number of nitro groups is 1. The van der Waals surface area contributed by atoms with Gasteiger partial charge in [-0.3, -0.25) is 14.9 Å². The van der Waals surface area contributed by atoms with Crippen molar-refractivity contribution in [3.8, 4) is 5.69 Å². The van der Waals surface area contributed by atoms with Crippen LogP contribution in [0.25, 0.3) is 5.69 Å². The van der Waals surface area contributed by atoms with Crippen molar-refractivity contribution in [3.05, 3.63) is 76.1 Å². The van der Waals surface area contributed by atoms with Crippen LogP contribution in [-0.2, 0) is 0 Å². The predicted molar refractivity (Wildman–Crippen MR) is 91.9 cm³/mol. The van der Waals surface area contributed by atoms with Crippen LogP contribution in [0.2, 0.25) is 0 Å². The minimum atomic E-state index is -0.488. The lowest BCUT2D eigenvalue weighted by molar-refractivity contribution is -0.384. The molecule has 126 valence electrons. The Kier molecular flexibility index (Phi) is 4.25. The fourth-order valence-electron chi connectivity index (χ4n) is 2.36. The third kappa shape index (κ3) is 3.37. The fourth-order valence-corrected chi connectivity index (χ4v) is 2.36. The summed E-state index contributed by atoms with van der Waals surface area (Å²) in [4.78, 5) is 24.4. The zero-order chi connectivity index (χ0) is 18.0. The summed E-state index contributed by atoms with van der Waals surface area (Å²) < 4.78 is 1.34. The van der Waals surface area contributed by atoms with Crippen LogP contribution in [0.5, 0.6) is 0 Å². The van der Waals surface area contributed by atoms with Crippen LogP contribution >= 0.6 is 0 Å². The number of nitro benzene ring substituents is 1. The Balaban J connectivity index is 1.87. The van der Waals surface area contributed by atoms with Gasteiger partial charge in [0.05, 0.1) is 16.8 Å². The second kappa shape index (κ2) is 6.52. The van der Waals surface area contributed by atoms with Crippen molar-refractivity contribution in [1.29, 1.82) is 0 Å². The molecular formula is C17H15N5O3. The van der Waals surface area contributed by atoms with E-state index in [4.69, 9.17) is 0 Å². The molecule has 0 aliphatic heterocycles. The lowest BCUT2D eigenvalue weighted by atomic mass is 10.2. The molecule has 1 amide bonds. The molecule has 0 radical (unpaired) electrons. The number of amides is 1. The molecule has 25 heavy (non-hydrogen) atoms. The molecule has 8 heteroatoms. The molecule has 0 fully saturated rings. The summed E-state index contributed by atoms with van der Waals surface area (Å²) in [6, 6.07) is 13.5. The monoisotopic (exact) mass is 337 g/mol. The van der Waals surface area contributed by atoms with Gasteiger partial charge < -0.3 is 4.90 Å². The molecule has 0 unspecified atom stereocenters. The number of carbonyl (C=O) groups is 1. The lowest BCUT2D eigenvalue weighted by Gasteiger charge is -2.16. The van der Waals surface area contributed by atoms with E-state index in [1.54, 1.807) is 19.2 Å². The number of anilines is 1. The average Bonchev–Trinajstić information content (AvgIpc) is 3.10. The summed E-state index contributed by atoms with van der Waals surface area (Å²) in [5, 5.41) is 18.7. The van der Waals surface area contributed by atoms with Crippen molar-refractivity contribution in [2.24, 2.45) is 0 Å². The first kappa shape index (κ1) is 16.3. The summed E-state index contributed by atoms with van der Waals surface area (Å²) in [5.41, 5.74) is 2.33. The van der Waals surface area contributed by atoms with E-state index in [0.29, 0.717) is 5.69 Å². The number of carbonyl (C=O) groups excluding carboxylic acids is 1. The van der Waals surface area contributed by atoms with Crippen LogP contribution in [0.1, 0.15) is 16.1 Å². The van der Waals surface area contributed by atoms with Gasteiger partial charge in [-0.25, -0.2) is 4.68 Å². The Labute approximate surface area is 143 Å². The van der Waals surface area contributed by atoms with Crippen LogP contribution < -0.4 is 4.90 Å². The van der Waals surface area contributed by atoms with Gasteiger partial charge in [-0.15, -0.1) is 5.10 Å². The maximum absolute atomic E-state index is 12.6. The Morgan fingerprint density at radius 1 is 1.20 bits per heavy atom. The molecule has 0 aliphatic carbocycles. The van der Waals surface area contributed by atoms with Gasteiger partial charge in [0.1, 0.15) is 0 Å². The predicted octanol–water partition coefficient (Wildman–Crippen LogP) is 2.76. The van der Waals surface area contributed by atoms with Crippen molar-refractivity contribution in [1.82, 2.24) is 15.0 Å². The Bertz CT molecular complexity index is 951. The molecule has 1 aromatic heterocycles. The molecule has 0 spiro atoms. The number of hydrogen-bond donors (Lipinski definition) is 0. The van der Waals surface area contributed by atoms with Gasteiger partial charge in [0.2, 0.25) is 0 Å². The highest BCUT2D eigenvalue weighted by molar-refractivity contribution is 6.04. The molecule has 2 aromatic carbocycles. The third-order valence-corrected chi connectivity index (χ3v) is 3.71. The minimum absolute atomic E-state index is 0.0576. The summed E-state index contributed by atoms with van der Waals surface area (Å²) in [7, 11) is 1.66. The Morgan fingerprint density at radius 2 is 1.96 bits per heavy atom. The fraction of sp³-hybridized carbons (Fsp3) is 0.118. The average molecular weight is 337 g/mol. The standard InChI is InChI=1S/C17H15N5O3/c1-12-5-3-6-13(9-12)20(2)17(23)16-11-21(19-18-16)14-7-4-8-15(10-14)22(24)25/h3-11H,1-2H3. The number of non-ortho nitro benzene ring substituents is 1. The van der Waals surface area contributed by atoms with Gasteiger partial charge in [0.15, 0.2) is 5.69 Å². The molecule has 0 atom stereocenters. The number of rotatable bonds is 4. The second-order valence-corrected chi connectivity index (χ2v) is 5.53. The number of aromatic nitrogens is 3. The van der Waals surface area contributed by atoms with Crippen LogP contribution in [0.3, 0.4) is 0 Å². The molecule has 1 heterocycles. The minimum Gasteiger partial charge on any atom is -0.310 e. The number of hydrogen-bond acceptors (Lipinski definition) is 5. The molecular weight excluding hydrogens is 322 g/mol. The molecule has 0 N–H and O–H groups in total. The van der Waals surface area contributed by atoms with E-state index in [1.807, 2.05) is 31.2 Å². The lowest BCUT2D eigenvalue weighted by Crippen LogP contribution is -2.26. The topological polar surface area (TPSA) is 94.2 Å². The highest BCUT2D eigenvalue weighted by Gasteiger charge is 2.18. The van der Waals surface area contributed by atoms with E-state index in [1.165, 1.54) is 27.9 Å². The maximum atomic E-state index is 12.6. The second-order valence-electron chi connectivity index (χ2n) is 5.53. The Hall–Kier alpha value is -3.55. The normalized spacial score (nSPS) is 10.5. The van der Waals surface area contributed by atoms with E-state index in [0.717, 1.165) is 11.3 Å². The molecule has 0 bridgehead atoms. The Morgan fingerprint density at radius 3 is 2.68 bits per heavy atom. The summed E-state index contributed by atoms with van der Waals surface area (Å²) in [6.45, 7) is 1.94. The van der Waals surface area contributed by atoms with E-state index in [9.17, 15) is 14.9 Å². The van der Waals surface area contributed by atoms with Gasteiger partial charge in [-0.1, -0.05) is 23.4 Å². The van der Waals surface area contributed by atoms with Crippen molar-refractivity contribution < 1.29 is 9.72 Å². The number of aryl methyl sites for hydroxylation is 1.